The van der Waals surface area contributed by atoms with Crippen molar-refractivity contribution in [1.82, 2.24) is 4.98 Å². The molecule has 3 heteroatoms. The molecule has 21 heavy (non-hydrogen) atoms. The summed E-state index contributed by atoms with van der Waals surface area (Å²) >= 11 is 0. The number of aryl methyl sites for hydroxylation is 1. The third-order valence-corrected chi connectivity index (χ3v) is 3.24. The van der Waals surface area contributed by atoms with E-state index < -0.39 is 0 Å². The number of nitrogens with zero attached hydrogens (tertiary/aromatic N) is 1. The van der Waals surface area contributed by atoms with Crippen LogP contribution in [0.5, 0.6) is 5.75 Å². The maximum atomic E-state index is 11.3. The van der Waals surface area contributed by atoms with Gasteiger partial charge in [0.05, 0.1) is 5.52 Å². The quantitative estimate of drug-likeness (QED) is 0.661. The van der Waals surface area contributed by atoms with Crippen LogP contribution in [-0.2, 0) is 4.79 Å². The molecule has 0 bridgehead atoms. The molecule has 0 aliphatic carbocycles. The zero-order valence-electron chi connectivity index (χ0n) is 12.0. The molecule has 3 rings (SSSR count). The molecule has 1 heterocycles. The predicted octanol–water partition coefficient (Wildman–Crippen LogP) is 4.14. The van der Waals surface area contributed by atoms with Crippen LogP contribution in [-0.4, -0.2) is 11.0 Å². The molecule has 0 atom stereocenters. The summed E-state index contributed by atoms with van der Waals surface area (Å²) < 4.78 is 5.35. The number of fused-ring (bicyclic) bond motifs is 1. The van der Waals surface area contributed by atoms with Gasteiger partial charge >= 0.3 is 5.97 Å². The van der Waals surface area contributed by atoms with Gasteiger partial charge in [-0.2, -0.15) is 0 Å². The van der Waals surface area contributed by atoms with Crippen molar-refractivity contribution in [2.75, 3.05) is 0 Å². The number of hydrogen-bond donors (Lipinski definition) is 0. The van der Waals surface area contributed by atoms with Gasteiger partial charge in [-0.15, -0.1) is 0 Å². The number of benzene rings is 2. The zero-order chi connectivity index (χ0) is 14.8. The van der Waals surface area contributed by atoms with Gasteiger partial charge in [0.15, 0.2) is 5.75 Å². The lowest BCUT2D eigenvalue weighted by Gasteiger charge is -2.10. The fourth-order valence-electron chi connectivity index (χ4n) is 2.31. The normalized spacial score (nSPS) is 10.6. The monoisotopic (exact) mass is 277 g/mol. The van der Waals surface area contributed by atoms with Gasteiger partial charge in [-0.3, -0.25) is 4.79 Å². The van der Waals surface area contributed by atoms with Gasteiger partial charge in [-0.1, -0.05) is 42.0 Å². The summed E-state index contributed by atoms with van der Waals surface area (Å²) in [7, 11) is 0. The maximum absolute atomic E-state index is 11.3. The smallest absolute Gasteiger partial charge is 0.308 e. The summed E-state index contributed by atoms with van der Waals surface area (Å²) in [5.74, 6) is 0.146. The zero-order valence-corrected chi connectivity index (χ0v) is 12.0. The second-order valence-electron chi connectivity index (χ2n) is 4.99. The standard InChI is InChI=1S/C18H15NO2/c1-12-8-9-16-15(10-12)11-17(21-13(2)20)18(19-16)14-6-4-3-5-7-14/h3-11H,1-2H3. The Morgan fingerprint density at radius 3 is 2.52 bits per heavy atom. The summed E-state index contributed by atoms with van der Waals surface area (Å²) in [6, 6.07) is 17.6. The van der Waals surface area contributed by atoms with Gasteiger partial charge in [0, 0.05) is 17.9 Å². The molecule has 0 aliphatic heterocycles. The molecule has 1 aromatic heterocycles. The number of aromatic nitrogens is 1. The van der Waals surface area contributed by atoms with Crippen LogP contribution in [0.1, 0.15) is 12.5 Å². The van der Waals surface area contributed by atoms with Crippen molar-refractivity contribution in [2.45, 2.75) is 13.8 Å². The van der Waals surface area contributed by atoms with Crippen molar-refractivity contribution < 1.29 is 9.53 Å². The lowest BCUT2D eigenvalue weighted by molar-refractivity contribution is -0.131. The van der Waals surface area contributed by atoms with E-state index in [9.17, 15) is 4.79 Å². The fourth-order valence-corrected chi connectivity index (χ4v) is 2.31. The first-order valence-corrected chi connectivity index (χ1v) is 6.79. The average molecular weight is 277 g/mol. The minimum atomic E-state index is -0.346. The number of carbonyl (C=O) groups excluding carboxylic acids is 1. The second-order valence-corrected chi connectivity index (χ2v) is 4.99. The Balaban J connectivity index is 2.25. The van der Waals surface area contributed by atoms with Crippen molar-refractivity contribution in [3.05, 3.63) is 60.2 Å². The van der Waals surface area contributed by atoms with E-state index in [1.54, 1.807) is 0 Å². The molecule has 0 aliphatic rings. The lowest BCUT2D eigenvalue weighted by Crippen LogP contribution is -2.04. The number of ether oxygens (including phenoxy) is 1. The fraction of sp³-hybridized carbons (Fsp3) is 0.111. The van der Waals surface area contributed by atoms with E-state index in [4.69, 9.17) is 4.74 Å². The Bertz CT molecular complexity index is 810. The van der Waals surface area contributed by atoms with E-state index in [0.717, 1.165) is 22.0 Å². The molecule has 0 saturated carbocycles. The third-order valence-electron chi connectivity index (χ3n) is 3.24. The van der Waals surface area contributed by atoms with Gasteiger partial charge in [0.1, 0.15) is 5.69 Å². The molecule has 3 nitrogen and oxygen atoms in total. The van der Waals surface area contributed by atoms with Crippen molar-refractivity contribution in [3.63, 3.8) is 0 Å². The van der Waals surface area contributed by atoms with Crippen LogP contribution in [0.25, 0.3) is 22.2 Å². The number of rotatable bonds is 2. The van der Waals surface area contributed by atoms with Crippen LogP contribution in [0.2, 0.25) is 0 Å². The molecule has 0 spiro atoms. The number of carbonyl (C=O) groups is 1. The highest BCUT2D eigenvalue weighted by atomic mass is 16.5. The number of hydrogen-bond acceptors (Lipinski definition) is 3. The summed E-state index contributed by atoms with van der Waals surface area (Å²) in [5.41, 5.74) is 3.64. The maximum Gasteiger partial charge on any atom is 0.308 e. The van der Waals surface area contributed by atoms with Crippen molar-refractivity contribution in [3.8, 4) is 17.0 Å². The molecule has 0 amide bonds. The molecule has 3 aromatic rings. The average Bonchev–Trinajstić information content (AvgIpc) is 2.47. The van der Waals surface area contributed by atoms with E-state index in [1.165, 1.54) is 6.92 Å². The molecule has 0 unspecified atom stereocenters. The minimum Gasteiger partial charge on any atom is -0.424 e. The van der Waals surface area contributed by atoms with Gasteiger partial charge < -0.3 is 4.74 Å². The summed E-state index contributed by atoms with van der Waals surface area (Å²) in [6.07, 6.45) is 0. The Morgan fingerprint density at radius 1 is 1.05 bits per heavy atom. The van der Waals surface area contributed by atoms with Crippen molar-refractivity contribution in [2.24, 2.45) is 0 Å². The Morgan fingerprint density at radius 2 is 1.81 bits per heavy atom. The molecule has 2 aromatic carbocycles. The summed E-state index contributed by atoms with van der Waals surface area (Å²) in [6.45, 7) is 3.42. The molecule has 0 fully saturated rings. The topological polar surface area (TPSA) is 39.2 Å². The number of pyridine rings is 1. The van der Waals surface area contributed by atoms with E-state index in [2.05, 4.69) is 4.98 Å². The molecular formula is C18H15NO2. The molecule has 0 radical (unpaired) electrons. The van der Waals surface area contributed by atoms with Crippen molar-refractivity contribution >= 4 is 16.9 Å². The lowest BCUT2D eigenvalue weighted by atomic mass is 10.1. The van der Waals surface area contributed by atoms with Crippen LogP contribution in [0.15, 0.2) is 54.6 Å². The predicted molar refractivity (Wildman–Crippen MR) is 83.2 cm³/mol. The first-order chi connectivity index (χ1) is 10.1. The molecular weight excluding hydrogens is 262 g/mol. The molecule has 0 saturated heterocycles. The van der Waals surface area contributed by atoms with E-state index in [-0.39, 0.29) is 5.97 Å². The SMILES string of the molecule is CC(=O)Oc1cc2cc(C)ccc2nc1-c1ccccc1. The molecule has 104 valence electrons. The van der Waals surface area contributed by atoms with Gasteiger partial charge in [-0.05, 0) is 25.1 Å². The Labute approximate surface area is 123 Å². The van der Waals surface area contributed by atoms with Crippen LogP contribution in [0, 0.1) is 6.92 Å². The highest BCUT2D eigenvalue weighted by Gasteiger charge is 2.12. The van der Waals surface area contributed by atoms with Gasteiger partial charge in [0.25, 0.3) is 0 Å². The van der Waals surface area contributed by atoms with Crippen LogP contribution in [0.4, 0.5) is 0 Å². The minimum absolute atomic E-state index is 0.346. The van der Waals surface area contributed by atoms with Gasteiger partial charge in [-0.25, -0.2) is 4.98 Å². The van der Waals surface area contributed by atoms with Crippen LogP contribution in [0.3, 0.4) is 0 Å². The van der Waals surface area contributed by atoms with Crippen molar-refractivity contribution in [1.29, 1.82) is 0 Å². The third kappa shape index (κ3) is 2.77. The number of esters is 1. The van der Waals surface area contributed by atoms with Crippen LogP contribution >= 0.6 is 0 Å². The highest BCUT2D eigenvalue weighted by Crippen LogP contribution is 2.31. The van der Waals surface area contributed by atoms with E-state index in [1.807, 2.05) is 61.5 Å². The first-order valence-electron chi connectivity index (χ1n) is 6.79. The summed E-state index contributed by atoms with van der Waals surface area (Å²) in [5, 5.41) is 0.964. The van der Waals surface area contributed by atoms with Crippen LogP contribution < -0.4 is 4.74 Å². The highest BCUT2D eigenvalue weighted by molar-refractivity contribution is 5.87. The van der Waals surface area contributed by atoms with E-state index in [0.29, 0.717) is 11.4 Å². The van der Waals surface area contributed by atoms with Gasteiger partial charge in [0.2, 0.25) is 0 Å². The largest absolute Gasteiger partial charge is 0.424 e. The Hall–Kier alpha value is -2.68. The first kappa shape index (κ1) is 13.3. The second kappa shape index (κ2) is 5.37. The summed E-state index contributed by atoms with van der Waals surface area (Å²) in [4.78, 5) is 16.0. The molecule has 0 N–H and O–H groups in total. The Kier molecular flexibility index (Phi) is 3.40. The van der Waals surface area contributed by atoms with E-state index >= 15 is 0 Å².